The summed E-state index contributed by atoms with van der Waals surface area (Å²) in [6.07, 6.45) is -1.56. The molecule has 1 amide bonds. The van der Waals surface area contributed by atoms with Gasteiger partial charge in [0.2, 0.25) is 0 Å². The minimum atomic E-state index is -4.78. The predicted octanol–water partition coefficient (Wildman–Crippen LogP) is 3.10. The van der Waals surface area contributed by atoms with Crippen LogP contribution in [0.1, 0.15) is 4.88 Å². The summed E-state index contributed by atoms with van der Waals surface area (Å²) in [5.41, 5.74) is 0.730. The molecule has 2 aromatic carbocycles. The second-order valence-corrected chi connectivity index (χ2v) is 7.19. The molecule has 1 aliphatic heterocycles. The van der Waals surface area contributed by atoms with Crippen molar-refractivity contribution in [1.82, 2.24) is 4.98 Å². The van der Waals surface area contributed by atoms with Crippen molar-refractivity contribution in [3.8, 4) is 5.75 Å². The lowest BCUT2D eigenvalue weighted by Gasteiger charge is -2.10. The molecule has 1 aromatic heterocycles. The fourth-order valence-electron chi connectivity index (χ4n) is 2.78. The summed E-state index contributed by atoms with van der Waals surface area (Å²) in [4.78, 5) is 30.9. The second kappa shape index (κ2) is 7.64. The average Bonchev–Trinajstić information content (AvgIpc) is 3.01. The first-order valence-corrected chi connectivity index (χ1v) is 9.36. The maximum absolute atomic E-state index is 12.3. The van der Waals surface area contributed by atoms with Crippen LogP contribution in [-0.4, -0.2) is 17.3 Å². The number of H-pyrrole nitrogens is 1. The Hall–Kier alpha value is -3.66. The van der Waals surface area contributed by atoms with Gasteiger partial charge in [-0.1, -0.05) is 29.5 Å². The van der Waals surface area contributed by atoms with Gasteiger partial charge in [-0.05, 0) is 42.5 Å². The van der Waals surface area contributed by atoms with Gasteiger partial charge in [-0.25, -0.2) is 4.99 Å². The van der Waals surface area contributed by atoms with Gasteiger partial charge in [0.05, 0.1) is 10.2 Å². The van der Waals surface area contributed by atoms with Gasteiger partial charge < -0.3 is 10.1 Å². The minimum absolute atomic E-state index is 0.306. The number of hydrogen-bond donors (Lipinski definition) is 2. The zero-order valence-electron chi connectivity index (χ0n) is 15.0. The molecule has 0 unspecified atom stereocenters. The van der Waals surface area contributed by atoms with E-state index in [2.05, 4.69) is 20.0 Å². The minimum Gasteiger partial charge on any atom is -0.406 e. The standard InChI is InChI=1S/C20H12F3N3O3S/c21-20(22,23)29-14-7-5-13(6-8-14)24-17-16(30-19(28)26-17)10-12-9-11-3-1-2-4-15(11)25-18(12)27/h1-10,24H,(H,26,28). The van der Waals surface area contributed by atoms with Gasteiger partial charge in [-0.2, -0.15) is 0 Å². The Labute approximate surface area is 170 Å². The average molecular weight is 431 g/mol. The number of aromatic amines is 1. The number of para-hydroxylation sites is 1. The molecule has 10 heteroatoms. The lowest BCUT2D eigenvalue weighted by molar-refractivity contribution is -0.274. The lowest BCUT2D eigenvalue weighted by Crippen LogP contribution is -2.29. The van der Waals surface area contributed by atoms with Gasteiger partial charge >= 0.3 is 11.2 Å². The predicted molar refractivity (Wildman–Crippen MR) is 106 cm³/mol. The first-order chi connectivity index (χ1) is 14.3. The van der Waals surface area contributed by atoms with Crippen LogP contribution in [0.3, 0.4) is 0 Å². The summed E-state index contributed by atoms with van der Waals surface area (Å²) >= 11 is 0.884. The van der Waals surface area contributed by atoms with E-state index in [1.165, 1.54) is 18.2 Å². The van der Waals surface area contributed by atoms with Crippen molar-refractivity contribution < 1.29 is 22.7 Å². The van der Waals surface area contributed by atoms with Crippen LogP contribution in [-0.2, 0) is 4.79 Å². The van der Waals surface area contributed by atoms with E-state index in [1.807, 2.05) is 12.1 Å². The van der Waals surface area contributed by atoms with Gasteiger partial charge in [-0.15, -0.1) is 13.2 Å². The maximum Gasteiger partial charge on any atom is 0.573 e. The third-order valence-corrected chi connectivity index (χ3v) is 4.87. The Balaban J connectivity index is 1.62. The van der Waals surface area contributed by atoms with Crippen LogP contribution in [0, 0.1) is 0 Å². The van der Waals surface area contributed by atoms with E-state index < -0.39 is 12.3 Å². The largest absolute Gasteiger partial charge is 0.573 e. The molecule has 152 valence electrons. The number of fused-ring (bicyclic) bond motifs is 1. The smallest absolute Gasteiger partial charge is 0.406 e. The van der Waals surface area contributed by atoms with Crippen LogP contribution in [0.5, 0.6) is 5.75 Å². The number of carbonyl (C=O) groups excluding carboxylic acids is 1. The zero-order chi connectivity index (χ0) is 21.3. The van der Waals surface area contributed by atoms with Crippen molar-refractivity contribution in [3.63, 3.8) is 0 Å². The van der Waals surface area contributed by atoms with Gasteiger partial charge in [0.25, 0.3) is 5.91 Å². The van der Waals surface area contributed by atoms with Crippen LogP contribution in [0.15, 0.2) is 63.9 Å². The van der Waals surface area contributed by atoms with Crippen molar-refractivity contribution in [2.24, 2.45) is 4.99 Å². The number of rotatable bonds is 4. The third kappa shape index (κ3) is 4.49. The summed E-state index contributed by atoms with van der Waals surface area (Å²) < 4.78 is 40.6. The van der Waals surface area contributed by atoms with Gasteiger partial charge in [0, 0.05) is 16.5 Å². The molecular formula is C20H12F3N3O3S. The van der Waals surface area contributed by atoms with Gasteiger partial charge in [0.15, 0.2) is 0 Å². The first-order valence-electron chi connectivity index (χ1n) is 8.54. The normalized spacial score (nSPS) is 14.6. The molecule has 3 aromatic rings. The molecular weight excluding hydrogens is 419 g/mol. The molecule has 0 spiro atoms. The number of anilines is 2. The number of benzene rings is 2. The molecule has 2 heterocycles. The summed E-state index contributed by atoms with van der Waals surface area (Å²) in [7, 11) is 0. The highest BCUT2D eigenvalue weighted by atomic mass is 32.1. The van der Waals surface area contributed by atoms with E-state index in [4.69, 9.17) is 0 Å². The highest BCUT2D eigenvalue weighted by molar-refractivity contribution is 7.10. The van der Waals surface area contributed by atoms with Crippen molar-refractivity contribution >= 4 is 40.9 Å². The fraction of sp³-hybridized carbons (Fsp3) is 0.0500. The Morgan fingerprint density at radius 1 is 1.07 bits per heavy atom. The van der Waals surface area contributed by atoms with E-state index in [0.29, 0.717) is 27.3 Å². The second-order valence-electron chi connectivity index (χ2n) is 6.17. The monoisotopic (exact) mass is 431 g/mol. The van der Waals surface area contributed by atoms with Crippen molar-refractivity contribution in [3.05, 3.63) is 79.2 Å². The summed E-state index contributed by atoms with van der Waals surface area (Å²) in [5, 5.41) is 4.27. The number of hydrogen-bond acceptors (Lipinski definition) is 5. The van der Waals surface area contributed by atoms with E-state index >= 15 is 0 Å². The quantitative estimate of drug-likeness (QED) is 0.622. The number of halogens is 3. The molecule has 30 heavy (non-hydrogen) atoms. The first kappa shape index (κ1) is 19.6. The van der Waals surface area contributed by atoms with Gasteiger partial charge in [-0.3, -0.25) is 14.6 Å². The molecule has 2 N–H and O–H groups in total. The molecule has 0 bridgehead atoms. The molecule has 4 rings (SSSR count). The lowest BCUT2D eigenvalue weighted by atomic mass is 10.1. The van der Waals surface area contributed by atoms with E-state index in [0.717, 1.165) is 28.7 Å². The fourth-order valence-corrected chi connectivity index (χ4v) is 3.52. The number of alkyl halides is 3. The van der Waals surface area contributed by atoms with Gasteiger partial charge in [0.1, 0.15) is 11.6 Å². The van der Waals surface area contributed by atoms with Crippen molar-refractivity contribution in [2.75, 3.05) is 5.32 Å². The summed E-state index contributed by atoms with van der Waals surface area (Å²) in [6.45, 7) is 0. The number of carbonyl (C=O) groups is 1. The Bertz CT molecular complexity index is 1320. The molecule has 0 atom stereocenters. The molecule has 0 saturated carbocycles. The molecule has 0 radical (unpaired) electrons. The number of ether oxygens (including phenoxy) is 1. The molecule has 0 aliphatic carbocycles. The number of amides is 1. The summed E-state index contributed by atoms with van der Waals surface area (Å²) in [6, 6.07) is 12.2. The van der Waals surface area contributed by atoms with E-state index in [-0.39, 0.29) is 10.6 Å². The Kier molecular flexibility index (Phi) is 5.00. The number of nitrogens with zero attached hydrogens (tertiary/aromatic N) is 1. The number of aromatic nitrogens is 1. The highest BCUT2D eigenvalue weighted by Gasteiger charge is 2.30. The molecule has 0 saturated heterocycles. The van der Waals surface area contributed by atoms with Crippen LogP contribution >= 0.6 is 11.3 Å². The zero-order valence-corrected chi connectivity index (χ0v) is 15.8. The summed E-state index contributed by atoms with van der Waals surface area (Å²) in [5.74, 6) is -0.493. The number of thiazole rings is 1. The van der Waals surface area contributed by atoms with Crippen molar-refractivity contribution in [1.29, 1.82) is 0 Å². The van der Waals surface area contributed by atoms with E-state index in [1.54, 1.807) is 18.2 Å². The van der Waals surface area contributed by atoms with Crippen LogP contribution in [0.25, 0.3) is 12.2 Å². The van der Waals surface area contributed by atoms with Crippen molar-refractivity contribution in [2.45, 2.75) is 6.36 Å². The SMILES string of the molecule is O=C1N=c2ccccc2=CC1=Cc1sc(=O)[nH]c1Nc1ccc(OC(F)(F)F)cc1. The van der Waals surface area contributed by atoms with E-state index in [9.17, 15) is 22.8 Å². The third-order valence-electron chi connectivity index (χ3n) is 4.04. The van der Waals surface area contributed by atoms with Crippen LogP contribution in [0.4, 0.5) is 24.7 Å². The molecule has 0 fully saturated rings. The van der Waals surface area contributed by atoms with Crippen LogP contribution in [0.2, 0.25) is 0 Å². The molecule has 1 aliphatic rings. The topological polar surface area (TPSA) is 83.5 Å². The Morgan fingerprint density at radius 2 is 1.80 bits per heavy atom. The highest BCUT2D eigenvalue weighted by Crippen LogP contribution is 2.27. The maximum atomic E-state index is 12.3. The number of nitrogens with one attached hydrogen (secondary N) is 2. The Morgan fingerprint density at radius 3 is 2.53 bits per heavy atom. The van der Waals surface area contributed by atoms with Crippen LogP contribution < -0.4 is 25.5 Å². The molecule has 6 nitrogen and oxygen atoms in total.